The third-order valence-corrected chi connectivity index (χ3v) is 3.60. The van der Waals surface area contributed by atoms with Gasteiger partial charge in [0.05, 0.1) is 0 Å². The predicted molar refractivity (Wildman–Crippen MR) is 82.6 cm³/mol. The molecule has 0 spiro atoms. The first-order valence-electron chi connectivity index (χ1n) is 7.29. The third kappa shape index (κ3) is 3.57. The van der Waals surface area contributed by atoms with Crippen LogP contribution in [0.25, 0.3) is 0 Å². The van der Waals surface area contributed by atoms with E-state index in [-0.39, 0.29) is 41.3 Å². The summed E-state index contributed by atoms with van der Waals surface area (Å²) in [6.45, 7) is 0. The zero-order valence-electron chi connectivity index (χ0n) is 12.8. The SMILES string of the molecule is Nc1nc(Cc2cccc(F)c2F)nnc1Cc1cccc(F)c1F. The van der Waals surface area contributed by atoms with Gasteiger partial charge in [0.15, 0.2) is 29.1 Å². The van der Waals surface area contributed by atoms with Crippen LogP contribution in [0.2, 0.25) is 0 Å². The summed E-state index contributed by atoms with van der Waals surface area (Å²) >= 11 is 0. The Kier molecular flexibility index (Phi) is 4.60. The van der Waals surface area contributed by atoms with E-state index in [4.69, 9.17) is 5.73 Å². The number of anilines is 1. The van der Waals surface area contributed by atoms with Crippen LogP contribution in [0.3, 0.4) is 0 Å². The highest BCUT2D eigenvalue weighted by Gasteiger charge is 2.14. The maximum absolute atomic E-state index is 13.7. The second-order valence-corrected chi connectivity index (χ2v) is 5.34. The van der Waals surface area contributed by atoms with Crippen LogP contribution in [-0.4, -0.2) is 15.2 Å². The summed E-state index contributed by atoms with van der Waals surface area (Å²) in [6, 6.07) is 7.53. The normalized spacial score (nSPS) is 10.9. The summed E-state index contributed by atoms with van der Waals surface area (Å²) in [5.41, 5.74) is 6.06. The lowest BCUT2D eigenvalue weighted by molar-refractivity contribution is 0.499. The lowest BCUT2D eigenvalue weighted by atomic mass is 10.1. The molecule has 0 radical (unpaired) electrons. The molecule has 0 amide bonds. The van der Waals surface area contributed by atoms with Gasteiger partial charge >= 0.3 is 0 Å². The van der Waals surface area contributed by atoms with Crippen LogP contribution in [0.15, 0.2) is 36.4 Å². The minimum absolute atomic E-state index is 0.0366. The number of nitrogen functional groups attached to an aromatic ring is 1. The average molecular weight is 348 g/mol. The van der Waals surface area contributed by atoms with Crippen molar-refractivity contribution in [2.75, 3.05) is 5.73 Å². The second-order valence-electron chi connectivity index (χ2n) is 5.34. The fraction of sp³-hybridized carbons (Fsp3) is 0.118. The van der Waals surface area contributed by atoms with Gasteiger partial charge in [0.1, 0.15) is 11.5 Å². The molecule has 2 aromatic carbocycles. The summed E-state index contributed by atoms with van der Waals surface area (Å²) in [4.78, 5) is 3.99. The van der Waals surface area contributed by atoms with E-state index in [1.54, 1.807) is 0 Å². The Balaban J connectivity index is 1.83. The van der Waals surface area contributed by atoms with Crippen molar-refractivity contribution in [3.05, 3.63) is 82.3 Å². The van der Waals surface area contributed by atoms with E-state index in [2.05, 4.69) is 15.2 Å². The molecule has 4 nitrogen and oxygen atoms in total. The predicted octanol–water partition coefficient (Wildman–Crippen LogP) is 3.19. The number of benzene rings is 2. The molecule has 3 aromatic rings. The largest absolute Gasteiger partial charge is 0.382 e. The molecule has 0 aliphatic rings. The van der Waals surface area contributed by atoms with Crippen molar-refractivity contribution < 1.29 is 17.6 Å². The molecule has 0 fully saturated rings. The molecule has 128 valence electrons. The Morgan fingerprint density at radius 2 is 1.32 bits per heavy atom. The molecule has 3 rings (SSSR count). The lowest BCUT2D eigenvalue weighted by Crippen LogP contribution is -2.10. The van der Waals surface area contributed by atoms with Gasteiger partial charge < -0.3 is 5.73 Å². The maximum Gasteiger partial charge on any atom is 0.162 e. The summed E-state index contributed by atoms with van der Waals surface area (Å²) in [6.07, 6.45) is -0.195. The quantitative estimate of drug-likeness (QED) is 0.736. The van der Waals surface area contributed by atoms with Gasteiger partial charge in [0.2, 0.25) is 0 Å². The first-order chi connectivity index (χ1) is 12.0. The Hall–Kier alpha value is -3.03. The van der Waals surface area contributed by atoms with Gasteiger partial charge in [-0.3, -0.25) is 0 Å². The zero-order chi connectivity index (χ0) is 18.0. The standard InChI is InChI=1S/C17H12F4N4/c18-11-5-1-3-9(15(11)20)7-13-17(22)23-14(25-24-13)8-10-4-2-6-12(19)16(10)21/h1-6H,7-8H2,(H2,22,23,25). The summed E-state index contributed by atoms with van der Waals surface area (Å²) in [5, 5.41) is 7.66. The van der Waals surface area contributed by atoms with Gasteiger partial charge in [-0.15, -0.1) is 10.2 Å². The number of hydrogen-bond acceptors (Lipinski definition) is 4. The van der Waals surface area contributed by atoms with Crippen LogP contribution >= 0.6 is 0 Å². The fourth-order valence-electron chi connectivity index (χ4n) is 2.32. The highest BCUT2D eigenvalue weighted by molar-refractivity contribution is 5.38. The number of nitrogens with two attached hydrogens (primary N) is 1. The molecule has 8 heteroatoms. The van der Waals surface area contributed by atoms with Crippen LogP contribution in [0, 0.1) is 23.3 Å². The molecule has 0 unspecified atom stereocenters. The first-order valence-corrected chi connectivity index (χ1v) is 7.29. The van der Waals surface area contributed by atoms with Crippen molar-refractivity contribution in [3.8, 4) is 0 Å². The van der Waals surface area contributed by atoms with Crippen molar-refractivity contribution in [2.45, 2.75) is 12.8 Å². The summed E-state index contributed by atoms with van der Waals surface area (Å²) < 4.78 is 53.8. The molecule has 0 aliphatic carbocycles. The smallest absolute Gasteiger partial charge is 0.162 e. The van der Waals surface area contributed by atoms with Crippen LogP contribution in [0.4, 0.5) is 23.4 Å². The molecule has 2 N–H and O–H groups in total. The molecule has 0 atom stereocenters. The molecule has 1 heterocycles. The molecule has 1 aromatic heterocycles. The highest BCUT2D eigenvalue weighted by Crippen LogP contribution is 2.18. The molecule has 0 aliphatic heterocycles. The highest BCUT2D eigenvalue weighted by atomic mass is 19.2. The number of rotatable bonds is 4. The van der Waals surface area contributed by atoms with Crippen molar-refractivity contribution in [2.24, 2.45) is 0 Å². The minimum Gasteiger partial charge on any atom is -0.382 e. The maximum atomic E-state index is 13.7. The molecule has 0 saturated heterocycles. The molecule has 25 heavy (non-hydrogen) atoms. The number of aromatic nitrogens is 3. The minimum atomic E-state index is -0.991. The van der Waals surface area contributed by atoms with Crippen molar-refractivity contribution >= 4 is 5.82 Å². The topological polar surface area (TPSA) is 64.7 Å². The van der Waals surface area contributed by atoms with Gasteiger partial charge in [0, 0.05) is 12.8 Å². The van der Waals surface area contributed by atoms with Gasteiger partial charge in [-0.2, -0.15) is 0 Å². The van der Waals surface area contributed by atoms with E-state index in [9.17, 15) is 17.6 Å². The first kappa shape index (κ1) is 16.8. The lowest BCUT2D eigenvalue weighted by Gasteiger charge is -2.07. The second kappa shape index (κ2) is 6.84. The van der Waals surface area contributed by atoms with Crippen LogP contribution in [-0.2, 0) is 12.8 Å². The zero-order valence-corrected chi connectivity index (χ0v) is 12.8. The summed E-state index contributed by atoms with van der Waals surface area (Å²) in [7, 11) is 0. The van der Waals surface area contributed by atoms with Gasteiger partial charge in [-0.1, -0.05) is 24.3 Å². The van der Waals surface area contributed by atoms with Gasteiger partial charge in [-0.05, 0) is 23.3 Å². The van der Waals surface area contributed by atoms with E-state index in [1.807, 2.05) is 0 Å². The van der Waals surface area contributed by atoms with Crippen molar-refractivity contribution in [3.63, 3.8) is 0 Å². The van der Waals surface area contributed by atoms with Crippen LogP contribution in [0.1, 0.15) is 22.6 Å². The Morgan fingerprint density at radius 3 is 1.88 bits per heavy atom. The average Bonchev–Trinajstić information content (AvgIpc) is 2.58. The van der Waals surface area contributed by atoms with Crippen molar-refractivity contribution in [1.82, 2.24) is 15.2 Å². The summed E-state index contributed by atoms with van der Waals surface area (Å²) in [5.74, 6) is -3.88. The third-order valence-electron chi connectivity index (χ3n) is 3.60. The number of nitrogens with zero attached hydrogens (tertiary/aromatic N) is 3. The molecular weight excluding hydrogens is 336 g/mol. The Labute approximate surface area is 140 Å². The van der Waals surface area contributed by atoms with Crippen LogP contribution in [0.5, 0.6) is 0 Å². The van der Waals surface area contributed by atoms with E-state index in [0.29, 0.717) is 0 Å². The molecule has 0 saturated carbocycles. The van der Waals surface area contributed by atoms with Gasteiger partial charge in [0.25, 0.3) is 0 Å². The Bertz CT molecular complexity index is 931. The van der Waals surface area contributed by atoms with E-state index in [1.165, 1.54) is 24.3 Å². The molecular formula is C17H12F4N4. The monoisotopic (exact) mass is 348 g/mol. The fourth-order valence-corrected chi connectivity index (χ4v) is 2.32. The van der Waals surface area contributed by atoms with Gasteiger partial charge in [-0.25, -0.2) is 22.5 Å². The number of halogens is 4. The van der Waals surface area contributed by atoms with Crippen molar-refractivity contribution in [1.29, 1.82) is 0 Å². The number of hydrogen-bond donors (Lipinski definition) is 1. The Morgan fingerprint density at radius 1 is 0.760 bits per heavy atom. The van der Waals surface area contributed by atoms with Crippen LogP contribution < -0.4 is 5.73 Å². The van der Waals surface area contributed by atoms with E-state index < -0.39 is 23.3 Å². The van der Waals surface area contributed by atoms with E-state index >= 15 is 0 Å². The van der Waals surface area contributed by atoms with E-state index in [0.717, 1.165) is 12.1 Å². The molecule has 0 bridgehead atoms.